The lowest BCUT2D eigenvalue weighted by molar-refractivity contribution is -0.123. The third-order valence-corrected chi connectivity index (χ3v) is 4.98. The van der Waals surface area contributed by atoms with Crippen molar-refractivity contribution in [3.05, 3.63) is 21.3 Å². The van der Waals surface area contributed by atoms with Gasteiger partial charge in [-0.15, -0.1) is 11.3 Å². The second-order valence-corrected chi connectivity index (χ2v) is 6.70. The van der Waals surface area contributed by atoms with Gasteiger partial charge in [-0.2, -0.15) is 0 Å². The van der Waals surface area contributed by atoms with Gasteiger partial charge in [0.25, 0.3) is 0 Å². The van der Waals surface area contributed by atoms with E-state index in [1.165, 1.54) is 11.3 Å². The molecule has 1 aromatic rings. The Bertz CT molecular complexity index is 421. The molecule has 100 valence electrons. The summed E-state index contributed by atoms with van der Waals surface area (Å²) in [6.45, 7) is 6.03. The highest BCUT2D eigenvalue weighted by Crippen LogP contribution is 2.28. The van der Waals surface area contributed by atoms with Crippen molar-refractivity contribution in [1.82, 2.24) is 10.6 Å². The van der Waals surface area contributed by atoms with E-state index in [4.69, 9.17) is 11.6 Å². The van der Waals surface area contributed by atoms with Crippen molar-refractivity contribution in [3.8, 4) is 0 Å². The summed E-state index contributed by atoms with van der Waals surface area (Å²) in [6, 6.07) is 4.01. The van der Waals surface area contributed by atoms with Gasteiger partial charge in [0.1, 0.15) is 0 Å². The lowest BCUT2D eigenvalue weighted by Gasteiger charge is -2.31. The number of thiophene rings is 1. The molecule has 0 spiro atoms. The predicted molar refractivity (Wildman–Crippen MR) is 76.3 cm³/mol. The monoisotopic (exact) mass is 286 g/mol. The second kappa shape index (κ2) is 6.04. The Kier molecular flexibility index (Phi) is 4.65. The zero-order valence-electron chi connectivity index (χ0n) is 10.7. The van der Waals surface area contributed by atoms with E-state index >= 15 is 0 Å². The molecule has 3 atom stereocenters. The lowest BCUT2D eigenvalue weighted by Crippen LogP contribution is -2.51. The molecule has 1 saturated heterocycles. The van der Waals surface area contributed by atoms with Crippen LogP contribution < -0.4 is 10.6 Å². The van der Waals surface area contributed by atoms with Crippen molar-refractivity contribution >= 4 is 28.8 Å². The van der Waals surface area contributed by atoms with E-state index in [9.17, 15) is 4.79 Å². The van der Waals surface area contributed by atoms with E-state index in [1.54, 1.807) is 0 Å². The van der Waals surface area contributed by atoms with Crippen molar-refractivity contribution in [1.29, 1.82) is 0 Å². The minimum Gasteiger partial charge on any atom is -0.351 e. The maximum Gasteiger partial charge on any atom is 0.228 e. The van der Waals surface area contributed by atoms with Gasteiger partial charge >= 0.3 is 0 Å². The van der Waals surface area contributed by atoms with Gasteiger partial charge in [-0.3, -0.25) is 4.79 Å². The topological polar surface area (TPSA) is 41.1 Å². The number of hydrogen-bond acceptors (Lipinski definition) is 3. The minimum absolute atomic E-state index is 0.0917. The van der Waals surface area contributed by atoms with Crippen LogP contribution in [0.1, 0.15) is 31.1 Å². The van der Waals surface area contributed by atoms with Gasteiger partial charge in [0.05, 0.1) is 10.3 Å². The molecular weight excluding hydrogens is 268 g/mol. The van der Waals surface area contributed by atoms with Crippen LogP contribution in [0.4, 0.5) is 0 Å². The van der Waals surface area contributed by atoms with Crippen LogP contribution in [-0.2, 0) is 4.79 Å². The van der Waals surface area contributed by atoms with Gasteiger partial charge in [-0.25, -0.2) is 0 Å². The summed E-state index contributed by atoms with van der Waals surface area (Å²) < 4.78 is 0.734. The Hall–Kier alpha value is -0.580. The maximum atomic E-state index is 12.2. The number of carbonyl (C=O) groups is 1. The van der Waals surface area contributed by atoms with Gasteiger partial charge in [0.2, 0.25) is 5.91 Å². The van der Waals surface area contributed by atoms with Crippen LogP contribution in [0.25, 0.3) is 0 Å². The largest absolute Gasteiger partial charge is 0.351 e. The normalized spacial score (nSPS) is 25.7. The third-order valence-electron chi connectivity index (χ3n) is 3.57. The number of hydrogen-bond donors (Lipinski definition) is 2. The van der Waals surface area contributed by atoms with E-state index in [0.29, 0.717) is 5.92 Å². The third kappa shape index (κ3) is 3.25. The molecule has 5 heteroatoms. The summed E-state index contributed by atoms with van der Waals surface area (Å²) in [6.07, 6.45) is 1.12. The Morgan fingerprint density at radius 2 is 2.39 bits per heavy atom. The van der Waals surface area contributed by atoms with E-state index in [1.807, 2.05) is 19.1 Å². The Morgan fingerprint density at radius 3 is 3.00 bits per heavy atom. The zero-order chi connectivity index (χ0) is 13.1. The summed E-state index contributed by atoms with van der Waals surface area (Å²) in [5.41, 5.74) is 0. The van der Waals surface area contributed by atoms with Gasteiger partial charge in [-0.1, -0.05) is 18.5 Å². The number of nitrogens with one attached hydrogen (secondary N) is 2. The van der Waals surface area contributed by atoms with Crippen LogP contribution >= 0.6 is 22.9 Å². The predicted octanol–water partition coefficient (Wildman–Crippen LogP) is 2.62. The smallest absolute Gasteiger partial charge is 0.228 e. The highest BCUT2D eigenvalue weighted by molar-refractivity contribution is 7.16. The molecular formula is C13H19ClN2OS. The van der Waals surface area contributed by atoms with Crippen molar-refractivity contribution in [2.24, 2.45) is 5.92 Å². The van der Waals surface area contributed by atoms with Crippen molar-refractivity contribution in [2.75, 3.05) is 13.1 Å². The number of rotatable bonds is 3. The number of halogens is 1. The molecule has 1 aromatic heterocycles. The molecule has 1 fully saturated rings. The van der Waals surface area contributed by atoms with Gasteiger partial charge in [0.15, 0.2) is 0 Å². The van der Waals surface area contributed by atoms with E-state index in [0.717, 1.165) is 28.7 Å². The Labute approximate surface area is 117 Å². The molecule has 18 heavy (non-hydrogen) atoms. The summed E-state index contributed by atoms with van der Waals surface area (Å²) >= 11 is 7.38. The zero-order valence-corrected chi connectivity index (χ0v) is 12.3. The number of carbonyl (C=O) groups excluding carboxylic acids is 1. The minimum atomic E-state index is -0.128. The summed E-state index contributed by atoms with van der Waals surface area (Å²) in [5.74, 6) is 0.500. The molecule has 0 aliphatic carbocycles. The molecule has 1 aliphatic rings. The fraction of sp³-hybridized carbons (Fsp3) is 0.615. The van der Waals surface area contributed by atoms with Gasteiger partial charge < -0.3 is 10.6 Å². The molecule has 0 bridgehead atoms. The van der Waals surface area contributed by atoms with E-state index in [-0.39, 0.29) is 17.9 Å². The molecule has 1 amide bonds. The van der Waals surface area contributed by atoms with Crippen molar-refractivity contribution < 1.29 is 4.79 Å². The average Bonchev–Trinajstić information content (AvgIpc) is 2.78. The quantitative estimate of drug-likeness (QED) is 0.897. The molecule has 0 saturated carbocycles. The van der Waals surface area contributed by atoms with E-state index in [2.05, 4.69) is 17.6 Å². The highest BCUT2D eigenvalue weighted by atomic mass is 35.5. The summed E-state index contributed by atoms with van der Waals surface area (Å²) in [7, 11) is 0. The second-order valence-electron chi connectivity index (χ2n) is 4.95. The molecule has 1 aliphatic heterocycles. The van der Waals surface area contributed by atoms with Gasteiger partial charge in [-0.05, 0) is 37.9 Å². The fourth-order valence-electron chi connectivity index (χ4n) is 2.18. The SMILES string of the molecule is CC(C(=O)NC1CNCCC1C)c1ccc(Cl)s1. The fourth-order valence-corrected chi connectivity index (χ4v) is 3.29. The molecule has 3 nitrogen and oxygen atoms in total. The first-order chi connectivity index (χ1) is 8.58. The first-order valence-corrected chi connectivity index (χ1v) is 7.53. The number of amides is 1. The van der Waals surface area contributed by atoms with Crippen LogP contribution in [0.3, 0.4) is 0 Å². The van der Waals surface area contributed by atoms with Crippen molar-refractivity contribution in [3.63, 3.8) is 0 Å². The molecule has 2 heterocycles. The van der Waals surface area contributed by atoms with E-state index < -0.39 is 0 Å². The lowest BCUT2D eigenvalue weighted by atomic mass is 9.94. The standard InChI is InChI=1S/C13H19ClN2OS/c1-8-5-6-15-7-10(8)16-13(17)9(2)11-3-4-12(14)18-11/h3-4,8-10,15H,5-7H2,1-2H3,(H,16,17). The first-order valence-electron chi connectivity index (χ1n) is 6.34. The van der Waals surface area contributed by atoms with Crippen LogP contribution in [-0.4, -0.2) is 25.0 Å². The molecule has 0 aromatic carbocycles. The average molecular weight is 287 g/mol. The van der Waals surface area contributed by atoms with Crippen LogP contribution in [0.2, 0.25) is 4.34 Å². The molecule has 2 rings (SSSR count). The molecule has 2 N–H and O–H groups in total. The highest BCUT2D eigenvalue weighted by Gasteiger charge is 2.25. The number of piperidine rings is 1. The van der Waals surface area contributed by atoms with Crippen LogP contribution in [0.15, 0.2) is 12.1 Å². The summed E-state index contributed by atoms with van der Waals surface area (Å²) in [5, 5.41) is 6.46. The first kappa shape index (κ1) is 13.8. The van der Waals surface area contributed by atoms with Crippen LogP contribution in [0, 0.1) is 5.92 Å². The summed E-state index contributed by atoms with van der Waals surface area (Å²) in [4.78, 5) is 13.2. The molecule has 3 unspecified atom stereocenters. The molecule has 0 radical (unpaired) electrons. The Balaban J connectivity index is 1.94. The maximum absolute atomic E-state index is 12.2. The Morgan fingerprint density at radius 1 is 1.61 bits per heavy atom. The van der Waals surface area contributed by atoms with Crippen molar-refractivity contribution in [2.45, 2.75) is 32.2 Å². The van der Waals surface area contributed by atoms with Crippen LogP contribution in [0.5, 0.6) is 0 Å². The van der Waals surface area contributed by atoms with Gasteiger partial charge in [0, 0.05) is 17.5 Å².